The summed E-state index contributed by atoms with van der Waals surface area (Å²) in [5, 5.41) is 4.15. The minimum atomic E-state index is -0.374. The standard InChI is InChI=1S/C20H25N3O4/c1-6-26-16-10-8-15(9-11-16)19(24)23-22-14(5)18-12(3)17(13(4)21-18)20(25)27-7-2/h8-11,21H,6-7H2,1-5H3,(H,23,24)/b22-14+. The topological polar surface area (TPSA) is 92.8 Å². The van der Waals surface area contributed by atoms with Gasteiger partial charge in [0.25, 0.3) is 5.91 Å². The van der Waals surface area contributed by atoms with Crippen LogP contribution in [0.5, 0.6) is 5.75 Å². The smallest absolute Gasteiger partial charge is 0.340 e. The first kappa shape index (κ1) is 20.2. The molecule has 0 spiro atoms. The van der Waals surface area contributed by atoms with Crippen molar-refractivity contribution in [2.75, 3.05) is 13.2 Å². The molecule has 1 aromatic carbocycles. The molecule has 0 saturated heterocycles. The number of aryl methyl sites for hydroxylation is 1. The van der Waals surface area contributed by atoms with Crippen LogP contribution in [-0.4, -0.2) is 35.8 Å². The number of esters is 1. The number of H-pyrrole nitrogens is 1. The number of aromatic amines is 1. The molecular weight excluding hydrogens is 346 g/mol. The van der Waals surface area contributed by atoms with Gasteiger partial charge in [-0.05, 0) is 64.4 Å². The first-order valence-corrected chi connectivity index (χ1v) is 8.83. The van der Waals surface area contributed by atoms with Crippen LogP contribution in [0.25, 0.3) is 0 Å². The summed E-state index contributed by atoms with van der Waals surface area (Å²) in [4.78, 5) is 27.5. The van der Waals surface area contributed by atoms with E-state index >= 15 is 0 Å². The van der Waals surface area contributed by atoms with Gasteiger partial charge in [0, 0.05) is 11.3 Å². The zero-order chi connectivity index (χ0) is 20.0. The molecule has 1 heterocycles. The van der Waals surface area contributed by atoms with E-state index in [1.54, 1.807) is 45.0 Å². The third kappa shape index (κ3) is 4.75. The molecular formula is C20H25N3O4. The highest BCUT2D eigenvalue weighted by atomic mass is 16.5. The van der Waals surface area contributed by atoms with E-state index in [2.05, 4.69) is 15.5 Å². The minimum absolute atomic E-state index is 0.309. The summed E-state index contributed by atoms with van der Waals surface area (Å²) in [5.74, 6) is 0.00267. The fraction of sp³-hybridized carbons (Fsp3) is 0.350. The van der Waals surface area contributed by atoms with Gasteiger partial charge in [-0.15, -0.1) is 0 Å². The third-order valence-corrected chi connectivity index (χ3v) is 4.03. The van der Waals surface area contributed by atoms with Crippen LogP contribution in [0.15, 0.2) is 29.4 Å². The van der Waals surface area contributed by atoms with Gasteiger partial charge in [-0.1, -0.05) is 0 Å². The number of nitrogens with zero attached hydrogens (tertiary/aromatic N) is 1. The van der Waals surface area contributed by atoms with E-state index in [4.69, 9.17) is 9.47 Å². The third-order valence-electron chi connectivity index (χ3n) is 4.03. The summed E-state index contributed by atoms with van der Waals surface area (Å²) in [7, 11) is 0. The maximum Gasteiger partial charge on any atom is 0.340 e. The average molecular weight is 371 g/mol. The predicted molar refractivity (Wildman–Crippen MR) is 104 cm³/mol. The number of amides is 1. The van der Waals surface area contributed by atoms with Crippen LogP contribution in [-0.2, 0) is 4.74 Å². The van der Waals surface area contributed by atoms with Gasteiger partial charge in [-0.2, -0.15) is 5.10 Å². The van der Waals surface area contributed by atoms with Crippen molar-refractivity contribution in [1.29, 1.82) is 0 Å². The van der Waals surface area contributed by atoms with Gasteiger partial charge >= 0.3 is 5.97 Å². The summed E-state index contributed by atoms with van der Waals surface area (Å²) in [5.41, 5.74) is 6.19. The molecule has 2 rings (SSSR count). The summed E-state index contributed by atoms with van der Waals surface area (Å²) < 4.78 is 10.4. The molecule has 27 heavy (non-hydrogen) atoms. The highest BCUT2D eigenvalue weighted by Crippen LogP contribution is 2.19. The predicted octanol–water partition coefficient (Wildman–Crippen LogP) is 3.36. The van der Waals surface area contributed by atoms with Crippen LogP contribution in [0.3, 0.4) is 0 Å². The highest BCUT2D eigenvalue weighted by molar-refractivity contribution is 6.04. The van der Waals surface area contributed by atoms with Crippen molar-refractivity contribution >= 4 is 17.6 Å². The molecule has 1 aromatic heterocycles. The quantitative estimate of drug-likeness (QED) is 0.443. The number of hydrogen-bond acceptors (Lipinski definition) is 5. The molecule has 0 atom stereocenters. The molecule has 0 saturated carbocycles. The Hall–Kier alpha value is -3.09. The lowest BCUT2D eigenvalue weighted by Crippen LogP contribution is -2.19. The van der Waals surface area contributed by atoms with E-state index < -0.39 is 0 Å². The van der Waals surface area contributed by atoms with Crippen LogP contribution < -0.4 is 10.2 Å². The maximum atomic E-state index is 12.3. The van der Waals surface area contributed by atoms with Crippen LogP contribution in [0, 0.1) is 13.8 Å². The molecule has 0 unspecified atom stereocenters. The van der Waals surface area contributed by atoms with Crippen LogP contribution in [0.2, 0.25) is 0 Å². The zero-order valence-electron chi connectivity index (χ0n) is 16.3. The van der Waals surface area contributed by atoms with E-state index in [0.717, 1.165) is 5.56 Å². The van der Waals surface area contributed by atoms with Gasteiger partial charge in [0.1, 0.15) is 5.75 Å². The Balaban J connectivity index is 2.14. The Morgan fingerprint density at radius 3 is 2.37 bits per heavy atom. The molecule has 1 amide bonds. The summed E-state index contributed by atoms with van der Waals surface area (Å²) >= 11 is 0. The lowest BCUT2D eigenvalue weighted by atomic mass is 10.1. The number of rotatable bonds is 7. The molecule has 2 aromatic rings. The second-order valence-electron chi connectivity index (χ2n) is 5.94. The first-order valence-electron chi connectivity index (χ1n) is 8.83. The second kappa shape index (κ2) is 9.02. The van der Waals surface area contributed by atoms with Crippen molar-refractivity contribution in [1.82, 2.24) is 10.4 Å². The van der Waals surface area contributed by atoms with Crippen molar-refractivity contribution < 1.29 is 19.1 Å². The Morgan fingerprint density at radius 2 is 1.78 bits per heavy atom. The maximum absolute atomic E-state index is 12.3. The molecule has 0 bridgehead atoms. The Kier molecular flexibility index (Phi) is 6.76. The Bertz CT molecular complexity index is 851. The molecule has 0 aliphatic heterocycles. The number of carbonyl (C=O) groups excluding carboxylic acids is 2. The molecule has 0 radical (unpaired) electrons. The van der Waals surface area contributed by atoms with Crippen molar-refractivity contribution in [2.45, 2.75) is 34.6 Å². The molecule has 7 nitrogen and oxygen atoms in total. The van der Waals surface area contributed by atoms with Gasteiger partial charge in [0.2, 0.25) is 0 Å². The summed E-state index contributed by atoms with van der Waals surface area (Å²) in [6.45, 7) is 9.91. The van der Waals surface area contributed by atoms with Crippen molar-refractivity contribution in [3.05, 3.63) is 52.3 Å². The molecule has 2 N–H and O–H groups in total. The minimum Gasteiger partial charge on any atom is -0.494 e. The van der Waals surface area contributed by atoms with Gasteiger partial charge in [0.05, 0.1) is 30.2 Å². The van der Waals surface area contributed by atoms with Crippen molar-refractivity contribution in [3.63, 3.8) is 0 Å². The van der Waals surface area contributed by atoms with Crippen LogP contribution in [0.4, 0.5) is 0 Å². The average Bonchev–Trinajstić information content (AvgIpc) is 2.95. The number of hydrogen-bond donors (Lipinski definition) is 2. The highest BCUT2D eigenvalue weighted by Gasteiger charge is 2.20. The van der Waals surface area contributed by atoms with E-state index in [1.165, 1.54) is 0 Å². The van der Waals surface area contributed by atoms with E-state index in [9.17, 15) is 9.59 Å². The number of ether oxygens (including phenoxy) is 2. The van der Waals surface area contributed by atoms with Crippen molar-refractivity contribution in [3.8, 4) is 5.75 Å². The number of nitrogens with one attached hydrogen (secondary N) is 2. The number of carbonyl (C=O) groups is 2. The number of benzene rings is 1. The zero-order valence-corrected chi connectivity index (χ0v) is 16.3. The SMILES string of the molecule is CCOC(=O)c1c(C)[nH]c(/C(C)=N/NC(=O)c2ccc(OCC)cc2)c1C. The molecule has 0 aliphatic carbocycles. The van der Waals surface area contributed by atoms with Crippen molar-refractivity contribution in [2.24, 2.45) is 5.10 Å². The number of aromatic nitrogens is 1. The molecule has 0 aliphatic rings. The normalized spacial score (nSPS) is 11.2. The second-order valence-corrected chi connectivity index (χ2v) is 5.94. The first-order chi connectivity index (χ1) is 12.9. The van der Waals surface area contributed by atoms with Crippen LogP contribution >= 0.6 is 0 Å². The molecule has 144 valence electrons. The van der Waals surface area contributed by atoms with Gasteiger partial charge < -0.3 is 14.5 Å². The lowest BCUT2D eigenvalue weighted by Gasteiger charge is -2.05. The summed E-state index contributed by atoms with van der Waals surface area (Å²) in [6, 6.07) is 6.82. The Labute approximate surface area is 158 Å². The summed E-state index contributed by atoms with van der Waals surface area (Å²) in [6.07, 6.45) is 0. The van der Waals surface area contributed by atoms with E-state index in [-0.39, 0.29) is 11.9 Å². The monoisotopic (exact) mass is 371 g/mol. The fourth-order valence-electron chi connectivity index (χ4n) is 2.75. The molecule has 0 fully saturated rings. The van der Waals surface area contributed by atoms with E-state index in [0.29, 0.717) is 47.2 Å². The molecule has 7 heteroatoms. The van der Waals surface area contributed by atoms with Gasteiger partial charge in [-0.3, -0.25) is 4.79 Å². The number of hydrazone groups is 1. The van der Waals surface area contributed by atoms with Gasteiger partial charge in [0.15, 0.2) is 0 Å². The Morgan fingerprint density at radius 1 is 1.11 bits per heavy atom. The van der Waals surface area contributed by atoms with E-state index in [1.807, 2.05) is 13.8 Å². The lowest BCUT2D eigenvalue weighted by molar-refractivity contribution is 0.0525. The fourth-order valence-corrected chi connectivity index (χ4v) is 2.75. The largest absolute Gasteiger partial charge is 0.494 e. The van der Waals surface area contributed by atoms with Crippen LogP contribution in [0.1, 0.15) is 58.4 Å². The van der Waals surface area contributed by atoms with Gasteiger partial charge in [-0.25, -0.2) is 10.2 Å².